The third-order valence-corrected chi connectivity index (χ3v) is 6.73. The zero-order valence-electron chi connectivity index (χ0n) is 14.1. The fourth-order valence-corrected chi connectivity index (χ4v) is 4.42. The van der Waals surface area contributed by atoms with E-state index in [1.165, 1.54) is 34.6 Å². The van der Waals surface area contributed by atoms with Crippen LogP contribution in [0.1, 0.15) is 24.2 Å². The zero-order valence-corrected chi connectivity index (χ0v) is 17.3. The molecule has 0 bridgehead atoms. The lowest BCUT2D eigenvalue weighted by Gasteiger charge is -2.19. The summed E-state index contributed by atoms with van der Waals surface area (Å²) in [6.07, 6.45) is 0. The van der Waals surface area contributed by atoms with E-state index in [1.54, 1.807) is 13.8 Å². The van der Waals surface area contributed by atoms with Gasteiger partial charge < -0.3 is 5.32 Å². The largest absolute Gasteiger partial charge is 0.322 e. The molecule has 0 spiro atoms. The Morgan fingerprint density at radius 3 is 2.42 bits per heavy atom. The first-order valence-corrected chi connectivity index (χ1v) is 10.4. The van der Waals surface area contributed by atoms with Crippen LogP contribution in [0.5, 0.6) is 0 Å². The molecule has 26 heavy (non-hydrogen) atoms. The first-order chi connectivity index (χ1) is 12.2. The Hall–Kier alpha value is -1.48. The van der Waals surface area contributed by atoms with Crippen LogP contribution in [0.25, 0.3) is 0 Å². The van der Waals surface area contributed by atoms with Crippen molar-refractivity contribution in [3.05, 3.63) is 57.3 Å². The Morgan fingerprint density at radius 2 is 1.85 bits per heavy atom. The van der Waals surface area contributed by atoms with Gasteiger partial charge in [0.15, 0.2) is 0 Å². The van der Waals surface area contributed by atoms with E-state index < -0.39 is 21.7 Å². The SMILES string of the molecule is CCN(CC)S(=O)(=O)c1ccc(Br)c(C(=O)Nc2ccc(F)c(Cl)c2)c1. The number of carbonyl (C=O) groups excluding carboxylic acids is 1. The van der Waals surface area contributed by atoms with Gasteiger partial charge in [0, 0.05) is 23.2 Å². The Labute approximate surface area is 165 Å². The minimum atomic E-state index is -3.70. The molecule has 0 fully saturated rings. The number of rotatable bonds is 6. The van der Waals surface area contributed by atoms with Crippen LogP contribution in [-0.4, -0.2) is 31.7 Å². The van der Waals surface area contributed by atoms with Crippen molar-refractivity contribution in [3.63, 3.8) is 0 Å². The molecule has 0 saturated heterocycles. The molecule has 0 aromatic heterocycles. The highest BCUT2D eigenvalue weighted by Gasteiger charge is 2.23. The molecule has 0 unspecified atom stereocenters. The lowest BCUT2D eigenvalue weighted by Crippen LogP contribution is -2.30. The van der Waals surface area contributed by atoms with Gasteiger partial charge >= 0.3 is 0 Å². The third-order valence-electron chi connectivity index (χ3n) is 3.70. The van der Waals surface area contributed by atoms with Gasteiger partial charge in [-0.15, -0.1) is 0 Å². The Kier molecular flexibility index (Phi) is 6.79. The van der Waals surface area contributed by atoms with E-state index in [4.69, 9.17) is 11.6 Å². The molecule has 0 aliphatic carbocycles. The summed E-state index contributed by atoms with van der Waals surface area (Å²) in [4.78, 5) is 12.6. The highest BCUT2D eigenvalue weighted by atomic mass is 79.9. The van der Waals surface area contributed by atoms with Crippen LogP contribution in [0.4, 0.5) is 10.1 Å². The molecule has 1 N–H and O–H groups in total. The van der Waals surface area contributed by atoms with Gasteiger partial charge in [-0.3, -0.25) is 4.79 Å². The lowest BCUT2D eigenvalue weighted by atomic mass is 10.2. The van der Waals surface area contributed by atoms with E-state index in [0.717, 1.165) is 6.07 Å². The van der Waals surface area contributed by atoms with Gasteiger partial charge in [0.25, 0.3) is 5.91 Å². The average molecular weight is 464 g/mol. The molecule has 0 saturated carbocycles. The highest BCUT2D eigenvalue weighted by Crippen LogP contribution is 2.25. The van der Waals surface area contributed by atoms with Crippen molar-refractivity contribution in [2.45, 2.75) is 18.7 Å². The molecule has 5 nitrogen and oxygen atoms in total. The van der Waals surface area contributed by atoms with Gasteiger partial charge in [0.2, 0.25) is 10.0 Å². The summed E-state index contributed by atoms with van der Waals surface area (Å²) in [5.41, 5.74) is 0.434. The second kappa shape index (κ2) is 8.47. The predicted octanol–water partition coefficient (Wildman–Crippen LogP) is 4.52. The van der Waals surface area contributed by atoms with Crippen molar-refractivity contribution >= 4 is 49.1 Å². The molecule has 0 aliphatic heterocycles. The summed E-state index contributed by atoms with van der Waals surface area (Å²) in [7, 11) is -3.70. The second-order valence-corrected chi connectivity index (χ2v) is 8.51. The lowest BCUT2D eigenvalue weighted by molar-refractivity contribution is 0.102. The topological polar surface area (TPSA) is 66.5 Å². The molecule has 9 heteroatoms. The number of hydrogen-bond acceptors (Lipinski definition) is 3. The molecular weight excluding hydrogens is 447 g/mol. The summed E-state index contributed by atoms with van der Waals surface area (Å²) >= 11 is 8.96. The number of carbonyl (C=O) groups is 1. The number of hydrogen-bond donors (Lipinski definition) is 1. The maximum Gasteiger partial charge on any atom is 0.256 e. The third kappa shape index (κ3) is 4.43. The van der Waals surface area contributed by atoms with Crippen molar-refractivity contribution < 1.29 is 17.6 Å². The Balaban J connectivity index is 2.37. The summed E-state index contributed by atoms with van der Waals surface area (Å²) in [6, 6.07) is 8.02. The van der Waals surface area contributed by atoms with Crippen molar-refractivity contribution in [1.82, 2.24) is 4.31 Å². The quantitative estimate of drug-likeness (QED) is 0.685. The summed E-state index contributed by atoms with van der Waals surface area (Å²) < 4.78 is 40.2. The number of nitrogens with one attached hydrogen (secondary N) is 1. The fourth-order valence-electron chi connectivity index (χ4n) is 2.32. The van der Waals surface area contributed by atoms with Gasteiger partial charge in [0.05, 0.1) is 15.5 Å². The zero-order chi connectivity index (χ0) is 19.5. The summed E-state index contributed by atoms with van der Waals surface area (Å²) in [6.45, 7) is 4.13. The van der Waals surface area contributed by atoms with Gasteiger partial charge in [-0.25, -0.2) is 12.8 Å². The number of nitrogens with zero attached hydrogens (tertiary/aromatic N) is 1. The van der Waals surface area contributed by atoms with Crippen LogP contribution < -0.4 is 5.32 Å². The van der Waals surface area contributed by atoms with Crippen LogP contribution in [-0.2, 0) is 10.0 Å². The first-order valence-electron chi connectivity index (χ1n) is 7.76. The van der Waals surface area contributed by atoms with Crippen molar-refractivity contribution in [2.24, 2.45) is 0 Å². The average Bonchev–Trinajstić information content (AvgIpc) is 2.59. The summed E-state index contributed by atoms with van der Waals surface area (Å²) in [5.74, 6) is -1.14. The predicted molar refractivity (Wildman–Crippen MR) is 104 cm³/mol. The van der Waals surface area contributed by atoms with E-state index >= 15 is 0 Å². The maximum atomic E-state index is 13.2. The molecule has 0 aliphatic rings. The molecule has 2 aromatic rings. The van der Waals surface area contributed by atoms with Crippen LogP contribution in [0, 0.1) is 5.82 Å². The Morgan fingerprint density at radius 1 is 1.19 bits per heavy atom. The van der Waals surface area contributed by atoms with Crippen LogP contribution in [0.15, 0.2) is 45.8 Å². The molecule has 0 radical (unpaired) electrons. The van der Waals surface area contributed by atoms with E-state index in [0.29, 0.717) is 23.2 Å². The maximum absolute atomic E-state index is 13.2. The van der Waals surface area contributed by atoms with Crippen LogP contribution in [0.3, 0.4) is 0 Å². The highest BCUT2D eigenvalue weighted by molar-refractivity contribution is 9.10. The van der Waals surface area contributed by atoms with E-state index in [1.807, 2.05) is 0 Å². The summed E-state index contributed by atoms with van der Waals surface area (Å²) in [5, 5.41) is 2.45. The van der Waals surface area contributed by atoms with Gasteiger partial charge in [-0.2, -0.15) is 4.31 Å². The number of benzene rings is 2. The van der Waals surface area contributed by atoms with Crippen LogP contribution in [0.2, 0.25) is 5.02 Å². The molecule has 140 valence electrons. The molecule has 0 atom stereocenters. The van der Waals surface area contributed by atoms with Gasteiger partial charge in [-0.05, 0) is 52.3 Å². The van der Waals surface area contributed by atoms with E-state index in [2.05, 4.69) is 21.2 Å². The number of amides is 1. The molecule has 2 rings (SSSR count). The van der Waals surface area contributed by atoms with E-state index in [-0.39, 0.29) is 15.5 Å². The standard InChI is InChI=1S/C17H17BrClFN2O3S/c1-3-22(4-2)26(24,25)12-6-7-14(18)13(10-12)17(23)21-11-5-8-16(20)15(19)9-11/h5-10H,3-4H2,1-2H3,(H,21,23). The fraction of sp³-hybridized carbons (Fsp3) is 0.235. The minimum Gasteiger partial charge on any atom is -0.322 e. The van der Waals surface area contributed by atoms with Crippen molar-refractivity contribution in [1.29, 1.82) is 0 Å². The number of halogens is 3. The molecule has 2 aromatic carbocycles. The van der Waals surface area contributed by atoms with E-state index in [9.17, 15) is 17.6 Å². The van der Waals surface area contributed by atoms with Crippen LogP contribution >= 0.6 is 27.5 Å². The van der Waals surface area contributed by atoms with Gasteiger partial charge in [-0.1, -0.05) is 25.4 Å². The normalized spacial score (nSPS) is 11.6. The first kappa shape index (κ1) is 20.8. The smallest absolute Gasteiger partial charge is 0.256 e. The van der Waals surface area contributed by atoms with Crippen molar-refractivity contribution in [2.75, 3.05) is 18.4 Å². The van der Waals surface area contributed by atoms with Crippen molar-refractivity contribution in [3.8, 4) is 0 Å². The number of sulfonamides is 1. The Bertz CT molecular complexity index is 934. The second-order valence-electron chi connectivity index (χ2n) is 5.31. The minimum absolute atomic E-state index is 0.0201. The van der Waals surface area contributed by atoms with Gasteiger partial charge in [0.1, 0.15) is 5.82 Å². The molecule has 0 heterocycles. The monoisotopic (exact) mass is 462 g/mol. The number of anilines is 1. The molecular formula is C17H17BrClFN2O3S. The molecule has 1 amide bonds.